The number of amides is 2. The molecule has 0 saturated carbocycles. The number of likely N-dealkylation sites (N-methyl/N-ethyl adjacent to an activating group) is 1. The summed E-state index contributed by atoms with van der Waals surface area (Å²) in [6, 6.07) is 5.92. The zero-order valence-electron chi connectivity index (χ0n) is 17.4. The van der Waals surface area contributed by atoms with Gasteiger partial charge >= 0.3 is 6.18 Å². The average molecular weight is 587 g/mol. The highest BCUT2D eigenvalue weighted by molar-refractivity contribution is 9.10. The number of benzene rings is 2. The number of carbonyl (C=O) groups excluding carboxylic acids is 2. The van der Waals surface area contributed by atoms with Crippen LogP contribution in [0.1, 0.15) is 41.3 Å². The van der Waals surface area contributed by atoms with E-state index in [4.69, 9.17) is 34.8 Å². The fraction of sp³-hybridized carbons (Fsp3) is 0.273. The minimum Gasteiger partial charge on any atom is -0.355 e. The monoisotopic (exact) mass is 584 g/mol. The molecule has 2 rings (SSSR count). The molecule has 2 aromatic carbocycles. The molecule has 0 heterocycles. The second-order valence-corrected chi connectivity index (χ2v) is 9.05. The number of alkyl halides is 3. The SMILES string of the molecule is CCNC(=O)[C@@H](C)NC(=O)c1ccc(/C=C/C(c2cc(Cl)c(Cl)c(Cl)c2)C(F)(F)F)cc1Br. The van der Waals surface area contributed by atoms with E-state index in [1.807, 2.05) is 0 Å². The normalized spacial score (nSPS) is 13.6. The van der Waals surface area contributed by atoms with Gasteiger partial charge in [-0.15, -0.1) is 0 Å². The van der Waals surface area contributed by atoms with Crippen LogP contribution in [0.15, 0.2) is 40.9 Å². The fourth-order valence-corrected chi connectivity index (χ4v) is 4.05. The maximum Gasteiger partial charge on any atom is 0.399 e. The molecule has 2 atom stereocenters. The molecule has 0 fully saturated rings. The molecule has 178 valence electrons. The molecule has 2 amide bonds. The Labute approximate surface area is 212 Å². The summed E-state index contributed by atoms with van der Waals surface area (Å²) in [6.07, 6.45) is -2.36. The highest BCUT2D eigenvalue weighted by atomic mass is 79.9. The van der Waals surface area contributed by atoms with Crippen LogP contribution in [-0.4, -0.2) is 30.6 Å². The molecular weight excluding hydrogens is 568 g/mol. The van der Waals surface area contributed by atoms with Crippen molar-refractivity contribution < 1.29 is 22.8 Å². The van der Waals surface area contributed by atoms with Gasteiger partial charge in [0.15, 0.2) is 0 Å². The van der Waals surface area contributed by atoms with Gasteiger partial charge in [0.1, 0.15) is 6.04 Å². The predicted molar refractivity (Wildman–Crippen MR) is 129 cm³/mol. The third-order valence-corrected chi connectivity index (χ3v) is 6.38. The molecule has 2 aromatic rings. The summed E-state index contributed by atoms with van der Waals surface area (Å²) in [7, 11) is 0. The van der Waals surface area contributed by atoms with Crippen LogP contribution in [0.25, 0.3) is 6.08 Å². The van der Waals surface area contributed by atoms with Crippen LogP contribution in [0, 0.1) is 0 Å². The number of hydrogen-bond donors (Lipinski definition) is 2. The number of carbonyl (C=O) groups is 2. The first-order chi connectivity index (χ1) is 15.3. The van der Waals surface area contributed by atoms with E-state index in [0.717, 1.165) is 18.2 Å². The van der Waals surface area contributed by atoms with E-state index in [9.17, 15) is 22.8 Å². The molecule has 0 radical (unpaired) electrons. The molecule has 0 bridgehead atoms. The van der Waals surface area contributed by atoms with Crippen LogP contribution in [-0.2, 0) is 4.79 Å². The second kappa shape index (κ2) is 11.6. The van der Waals surface area contributed by atoms with Crippen molar-refractivity contribution in [2.45, 2.75) is 32.0 Å². The minimum absolute atomic E-state index is 0.0220. The minimum atomic E-state index is -4.61. The first-order valence-electron chi connectivity index (χ1n) is 9.62. The Balaban J connectivity index is 2.27. The van der Waals surface area contributed by atoms with E-state index < -0.39 is 24.0 Å². The van der Waals surface area contributed by atoms with Crippen molar-refractivity contribution in [1.82, 2.24) is 10.6 Å². The number of rotatable bonds is 7. The van der Waals surface area contributed by atoms with E-state index in [2.05, 4.69) is 26.6 Å². The second-order valence-electron chi connectivity index (χ2n) is 7.01. The Morgan fingerprint density at radius 1 is 1.12 bits per heavy atom. The number of allylic oxidation sites excluding steroid dienone is 1. The zero-order valence-corrected chi connectivity index (χ0v) is 21.2. The summed E-state index contributed by atoms with van der Waals surface area (Å²) in [6.45, 7) is 3.73. The van der Waals surface area contributed by atoms with Crippen LogP contribution in [0.5, 0.6) is 0 Å². The van der Waals surface area contributed by atoms with E-state index in [1.54, 1.807) is 13.8 Å². The largest absolute Gasteiger partial charge is 0.399 e. The van der Waals surface area contributed by atoms with Crippen molar-refractivity contribution >= 4 is 68.6 Å². The molecular formula is C22H19BrCl3F3N2O2. The highest BCUT2D eigenvalue weighted by Gasteiger charge is 2.39. The van der Waals surface area contributed by atoms with Crippen molar-refractivity contribution in [3.8, 4) is 0 Å². The molecule has 0 aliphatic rings. The Hall–Kier alpha value is -1.74. The number of nitrogens with one attached hydrogen (secondary N) is 2. The molecule has 0 aliphatic heterocycles. The van der Waals surface area contributed by atoms with Gasteiger partial charge in [-0.25, -0.2) is 0 Å². The standard InChI is InChI=1S/C22H19BrCl3F3N2O2/c1-3-30-20(32)11(2)31-21(33)14-6-4-12(8-16(14)23)5-7-15(22(27,28)29)13-9-17(24)19(26)18(25)10-13/h4-11,15H,3H2,1-2H3,(H,30,32)(H,31,33)/b7-5+/t11-,15?/m1/s1. The van der Waals surface area contributed by atoms with Crippen LogP contribution in [0.2, 0.25) is 15.1 Å². The summed E-state index contributed by atoms with van der Waals surface area (Å²) in [5, 5.41) is 4.98. The third-order valence-electron chi connectivity index (χ3n) is 4.53. The molecule has 4 nitrogen and oxygen atoms in total. The Kier molecular flexibility index (Phi) is 9.67. The highest BCUT2D eigenvalue weighted by Crippen LogP contribution is 2.41. The van der Waals surface area contributed by atoms with Gasteiger partial charge < -0.3 is 10.6 Å². The molecule has 0 saturated heterocycles. The lowest BCUT2D eigenvalue weighted by molar-refractivity contribution is -0.139. The van der Waals surface area contributed by atoms with Crippen molar-refractivity contribution in [3.05, 3.63) is 72.6 Å². The maximum absolute atomic E-state index is 13.7. The topological polar surface area (TPSA) is 58.2 Å². The third kappa shape index (κ3) is 7.37. The summed E-state index contributed by atoms with van der Waals surface area (Å²) < 4.78 is 41.4. The van der Waals surface area contributed by atoms with Crippen LogP contribution < -0.4 is 10.6 Å². The summed E-state index contributed by atoms with van der Waals surface area (Å²) in [5.41, 5.74) is 0.482. The average Bonchev–Trinajstić information content (AvgIpc) is 2.71. The smallest absolute Gasteiger partial charge is 0.355 e. The van der Waals surface area contributed by atoms with Crippen molar-refractivity contribution in [1.29, 1.82) is 0 Å². The van der Waals surface area contributed by atoms with Crippen molar-refractivity contribution in [2.24, 2.45) is 0 Å². The molecule has 0 spiro atoms. The number of halogens is 7. The van der Waals surface area contributed by atoms with Gasteiger partial charge in [-0.3, -0.25) is 9.59 Å². The molecule has 1 unspecified atom stereocenters. The van der Waals surface area contributed by atoms with Gasteiger partial charge in [0.25, 0.3) is 5.91 Å². The first-order valence-corrected chi connectivity index (χ1v) is 11.5. The Bertz CT molecular complexity index is 1050. The molecule has 33 heavy (non-hydrogen) atoms. The van der Waals surface area contributed by atoms with E-state index >= 15 is 0 Å². The summed E-state index contributed by atoms with van der Waals surface area (Å²) in [4.78, 5) is 24.2. The lowest BCUT2D eigenvalue weighted by atomic mass is 9.97. The first kappa shape index (κ1) is 27.5. The summed E-state index contributed by atoms with van der Waals surface area (Å²) in [5.74, 6) is -2.82. The molecule has 11 heteroatoms. The zero-order chi connectivity index (χ0) is 24.9. The molecule has 0 aliphatic carbocycles. The van der Waals surface area contributed by atoms with Crippen LogP contribution in [0.3, 0.4) is 0 Å². The lowest BCUT2D eigenvalue weighted by Crippen LogP contribution is -2.44. The Morgan fingerprint density at radius 2 is 1.73 bits per heavy atom. The molecule has 2 N–H and O–H groups in total. The quantitative estimate of drug-likeness (QED) is 0.343. The van der Waals surface area contributed by atoms with Gasteiger partial charge in [0.2, 0.25) is 5.91 Å². The van der Waals surface area contributed by atoms with Crippen LogP contribution >= 0.6 is 50.7 Å². The van der Waals surface area contributed by atoms with Gasteiger partial charge in [0.05, 0.1) is 26.5 Å². The van der Waals surface area contributed by atoms with Crippen LogP contribution in [0.4, 0.5) is 13.2 Å². The van der Waals surface area contributed by atoms with Gasteiger partial charge in [-0.2, -0.15) is 13.2 Å². The Morgan fingerprint density at radius 3 is 2.24 bits per heavy atom. The number of hydrogen-bond acceptors (Lipinski definition) is 2. The van der Waals surface area contributed by atoms with Crippen molar-refractivity contribution in [3.63, 3.8) is 0 Å². The van der Waals surface area contributed by atoms with E-state index in [-0.39, 0.29) is 32.1 Å². The van der Waals surface area contributed by atoms with Gasteiger partial charge in [-0.1, -0.05) is 53.0 Å². The summed E-state index contributed by atoms with van der Waals surface area (Å²) >= 11 is 20.9. The van der Waals surface area contributed by atoms with Gasteiger partial charge in [-0.05, 0) is 65.2 Å². The van der Waals surface area contributed by atoms with Crippen molar-refractivity contribution in [2.75, 3.05) is 6.54 Å². The molecule has 0 aromatic heterocycles. The maximum atomic E-state index is 13.7. The predicted octanol–water partition coefficient (Wildman–Crippen LogP) is 7.02. The lowest BCUT2D eigenvalue weighted by Gasteiger charge is -2.18. The van der Waals surface area contributed by atoms with E-state index in [1.165, 1.54) is 24.3 Å². The van der Waals surface area contributed by atoms with Gasteiger partial charge in [0, 0.05) is 11.0 Å². The van der Waals surface area contributed by atoms with E-state index in [0.29, 0.717) is 16.6 Å². The fourth-order valence-electron chi connectivity index (χ4n) is 2.86.